The van der Waals surface area contributed by atoms with Gasteiger partial charge in [-0.25, -0.2) is 4.79 Å². The Balaban J connectivity index is 2.29. The zero-order valence-corrected chi connectivity index (χ0v) is 11.9. The third kappa shape index (κ3) is 3.19. The number of benzene rings is 2. The Morgan fingerprint density at radius 3 is 2.58 bits per heavy atom. The van der Waals surface area contributed by atoms with Gasteiger partial charge in [0.2, 0.25) is 0 Å². The Hall–Kier alpha value is -1.72. The predicted molar refractivity (Wildman–Crippen MR) is 77.0 cm³/mol. The van der Waals surface area contributed by atoms with Gasteiger partial charge in [-0.05, 0) is 46.3 Å². The number of carboxylic acid groups (broad SMARTS) is 1. The standard InChI is InChI=1S/C13H9BrClNO3/c14-10-5-7(15)1-4-12(10)19-8-2-3-9(13(17)18)11(16)6-8/h1-6H,16H2,(H,17,18). The van der Waals surface area contributed by atoms with Crippen molar-refractivity contribution in [3.8, 4) is 11.5 Å². The molecule has 0 aromatic heterocycles. The van der Waals surface area contributed by atoms with Crippen molar-refractivity contribution in [2.24, 2.45) is 0 Å². The van der Waals surface area contributed by atoms with E-state index >= 15 is 0 Å². The maximum atomic E-state index is 10.8. The van der Waals surface area contributed by atoms with Gasteiger partial charge in [0.25, 0.3) is 0 Å². The second-order valence-corrected chi connectivity index (χ2v) is 5.02. The van der Waals surface area contributed by atoms with Crippen molar-refractivity contribution >= 4 is 39.2 Å². The van der Waals surface area contributed by atoms with E-state index in [1.807, 2.05) is 0 Å². The van der Waals surface area contributed by atoms with Gasteiger partial charge in [0.1, 0.15) is 11.5 Å². The second kappa shape index (κ2) is 5.50. The van der Waals surface area contributed by atoms with E-state index < -0.39 is 5.97 Å². The minimum atomic E-state index is -1.07. The number of hydrogen-bond acceptors (Lipinski definition) is 3. The summed E-state index contributed by atoms with van der Waals surface area (Å²) >= 11 is 9.16. The lowest BCUT2D eigenvalue weighted by molar-refractivity contribution is 0.0698. The van der Waals surface area contributed by atoms with Gasteiger partial charge in [-0.2, -0.15) is 0 Å². The smallest absolute Gasteiger partial charge is 0.337 e. The van der Waals surface area contributed by atoms with E-state index in [1.165, 1.54) is 12.1 Å². The summed E-state index contributed by atoms with van der Waals surface area (Å²) < 4.78 is 6.30. The molecule has 4 nitrogen and oxygen atoms in total. The van der Waals surface area contributed by atoms with E-state index in [0.717, 1.165) is 0 Å². The molecule has 0 saturated heterocycles. The SMILES string of the molecule is Nc1cc(Oc2ccc(Cl)cc2Br)ccc1C(=O)O. The number of nitrogens with two attached hydrogens (primary N) is 1. The molecule has 3 N–H and O–H groups in total. The predicted octanol–water partition coefficient (Wildman–Crippen LogP) is 4.18. The molecular weight excluding hydrogens is 334 g/mol. The van der Waals surface area contributed by atoms with Gasteiger partial charge in [0, 0.05) is 16.8 Å². The molecule has 0 saturated carbocycles. The highest BCUT2D eigenvalue weighted by molar-refractivity contribution is 9.10. The zero-order chi connectivity index (χ0) is 14.0. The van der Waals surface area contributed by atoms with Crippen molar-refractivity contribution in [3.63, 3.8) is 0 Å². The number of rotatable bonds is 3. The van der Waals surface area contributed by atoms with Crippen molar-refractivity contribution in [1.82, 2.24) is 0 Å². The molecule has 0 bridgehead atoms. The monoisotopic (exact) mass is 341 g/mol. The summed E-state index contributed by atoms with van der Waals surface area (Å²) in [7, 11) is 0. The van der Waals surface area contributed by atoms with Crippen molar-refractivity contribution in [2.45, 2.75) is 0 Å². The molecule has 2 aromatic rings. The first kappa shape index (κ1) is 13.7. The summed E-state index contributed by atoms with van der Waals surface area (Å²) in [6.45, 7) is 0. The number of anilines is 1. The van der Waals surface area contributed by atoms with Crippen LogP contribution in [0.2, 0.25) is 5.02 Å². The quantitative estimate of drug-likeness (QED) is 0.821. The van der Waals surface area contributed by atoms with E-state index in [1.54, 1.807) is 24.3 Å². The van der Waals surface area contributed by atoms with E-state index in [-0.39, 0.29) is 11.3 Å². The molecule has 19 heavy (non-hydrogen) atoms. The molecule has 2 aromatic carbocycles. The summed E-state index contributed by atoms with van der Waals surface area (Å²) in [5, 5.41) is 9.46. The van der Waals surface area contributed by atoms with Crippen LogP contribution in [0.3, 0.4) is 0 Å². The third-order valence-corrected chi connectivity index (χ3v) is 3.23. The fourth-order valence-electron chi connectivity index (χ4n) is 1.48. The number of halogens is 2. The lowest BCUT2D eigenvalue weighted by Crippen LogP contribution is -2.02. The molecule has 0 aliphatic heterocycles. The first-order chi connectivity index (χ1) is 8.97. The molecule has 0 amide bonds. The van der Waals surface area contributed by atoms with E-state index in [2.05, 4.69) is 15.9 Å². The van der Waals surface area contributed by atoms with Gasteiger partial charge in [-0.1, -0.05) is 11.6 Å². The first-order valence-corrected chi connectivity index (χ1v) is 6.40. The molecule has 0 unspecified atom stereocenters. The zero-order valence-electron chi connectivity index (χ0n) is 9.56. The van der Waals surface area contributed by atoms with Crippen LogP contribution in [0, 0.1) is 0 Å². The molecule has 2 rings (SSSR count). The Morgan fingerprint density at radius 2 is 2.00 bits per heavy atom. The summed E-state index contributed by atoms with van der Waals surface area (Å²) in [6, 6.07) is 9.50. The van der Waals surface area contributed by atoms with Gasteiger partial charge in [0.05, 0.1) is 10.0 Å². The first-order valence-electron chi connectivity index (χ1n) is 5.23. The Morgan fingerprint density at radius 1 is 1.26 bits per heavy atom. The fourth-order valence-corrected chi connectivity index (χ4v) is 2.25. The van der Waals surface area contributed by atoms with Crippen molar-refractivity contribution in [1.29, 1.82) is 0 Å². The Bertz CT molecular complexity index is 646. The molecular formula is C13H9BrClNO3. The van der Waals surface area contributed by atoms with Gasteiger partial charge < -0.3 is 15.6 Å². The second-order valence-electron chi connectivity index (χ2n) is 3.73. The van der Waals surface area contributed by atoms with Gasteiger partial charge in [-0.15, -0.1) is 0 Å². The van der Waals surface area contributed by atoms with Crippen LogP contribution in [0.5, 0.6) is 11.5 Å². The highest BCUT2D eigenvalue weighted by atomic mass is 79.9. The van der Waals surface area contributed by atoms with Gasteiger partial charge in [-0.3, -0.25) is 0 Å². The lowest BCUT2D eigenvalue weighted by Gasteiger charge is -2.09. The van der Waals surface area contributed by atoms with Crippen molar-refractivity contribution < 1.29 is 14.6 Å². The molecule has 0 atom stereocenters. The number of ether oxygens (including phenoxy) is 1. The molecule has 0 aliphatic rings. The molecule has 0 radical (unpaired) electrons. The largest absolute Gasteiger partial charge is 0.478 e. The Kier molecular flexibility index (Phi) is 3.97. The average Bonchev–Trinajstić information content (AvgIpc) is 2.32. The van der Waals surface area contributed by atoms with Crippen molar-refractivity contribution in [2.75, 3.05) is 5.73 Å². The highest BCUT2D eigenvalue weighted by Crippen LogP contribution is 2.32. The van der Waals surface area contributed by atoms with E-state index in [0.29, 0.717) is 21.0 Å². The molecule has 98 valence electrons. The molecule has 0 fully saturated rings. The molecule has 0 spiro atoms. The van der Waals surface area contributed by atoms with E-state index in [4.69, 9.17) is 27.2 Å². The normalized spacial score (nSPS) is 10.2. The summed E-state index contributed by atoms with van der Waals surface area (Å²) in [5.74, 6) is -0.0610. The topological polar surface area (TPSA) is 72.5 Å². The van der Waals surface area contributed by atoms with Crippen LogP contribution in [-0.2, 0) is 0 Å². The van der Waals surface area contributed by atoms with Crippen molar-refractivity contribution in [3.05, 3.63) is 51.5 Å². The van der Waals surface area contributed by atoms with E-state index in [9.17, 15) is 4.79 Å². The third-order valence-electron chi connectivity index (χ3n) is 2.38. The fraction of sp³-hybridized carbons (Fsp3) is 0. The van der Waals surface area contributed by atoms with Crippen LogP contribution in [0.25, 0.3) is 0 Å². The number of aromatic carboxylic acids is 1. The molecule has 0 aliphatic carbocycles. The molecule has 6 heteroatoms. The van der Waals surface area contributed by atoms with Gasteiger partial charge in [0.15, 0.2) is 0 Å². The summed E-state index contributed by atoms with van der Waals surface area (Å²) in [5.41, 5.74) is 5.84. The number of carboxylic acids is 1. The van der Waals surface area contributed by atoms with Crippen LogP contribution >= 0.6 is 27.5 Å². The van der Waals surface area contributed by atoms with Crippen LogP contribution in [-0.4, -0.2) is 11.1 Å². The van der Waals surface area contributed by atoms with Crippen LogP contribution < -0.4 is 10.5 Å². The van der Waals surface area contributed by atoms with Crippen LogP contribution in [0.1, 0.15) is 10.4 Å². The number of nitrogen functional groups attached to an aromatic ring is 1. The number of carbonyl (C=O) groups is 1. The Labute approximate surface area is 122 Å². The molecule has 0 heterocycles. The highest BCUT2D eigenvalue weighted by Gasteiger charge is 2.10. The lowest BCUT2D eigenvalue weighted by atomic mass is 10.2. The minimum absolute atomic E-state index is 0.0440. The summed E-state index contributed by atoms with van der Waals surface area (Å²) in [6.07, 6.45) is 0. The number of hydrogen-bond donors (Lipinski definition) is 2. The summed E-state index contributed by atoms with van der Waals surface area (Å²) in [4.78, 5) is 10.8. The maximum Gasteiger partial charge on any atom is 0.337 e. The van der Waals surface area contributed by atoms with Gasteiger partial charge >= 0.3 is 5.97 Å². The van der Waals surface area contributed by atoms with Crippen LogP contribution in [0.4, 0.5) is 5.69 Å². The maximum absolute atomic E-state index is 10.8. The average molecular weight is 343 g/mol. The minimum Gasteiger partial charge on any atom is -0.478 e. The van der Waals surface area contributed by atoms with Crippen LogP contribution in [0.15, 0.2) is 40.9 Å².